The fourth-order valence-electron chi connectivity index (χ4n) is 2.58. The Morgan fingerprint density at radius 1 is 1.17 bits per heavy atom. The van der Waals surface area contributed by atoms with Crippen LogP contribution in [0.2, 0.25) is 0 Å². The number of aryl methyl sites for hydroxylation is 2. The fraction of sp³-hybridized carbons (Fsp3) is 0.600. The highest BCUT2D eigenvalue weighted by molar-refractivity contribution is 5.79. The Hall–Kier alpha value is -2.38. The highest BCUT2D eigenvalue weighted by Gasteiger charge is 2.25. The highest BCUT2D eigenvalue weighted by atomic mass is 16.6. The number of carbonyl (C=O) groups excluding carboxylic acids is 2. The van der Waals surface area contributed by atoms with Crippen molar-refractivity contribution in [1.82, 2.24) is 19.8 Å². The van der Waals surface area contributed by atoms with E-state index >= 15 is 0 Å². The molecule has 8 heteroatoms. The molecule has 2 amide bonds. The van der Waals surface area contributed by atoms with Crippen LogP contribution in [0.3, 0.4) is 0 Å². The van der Waals surface area contributed by atoms with Gasteiger partial charge in [-0.15, -0.1) is 0 Å². The van der Waals surface area contributed by atoms with Crippen molar-refractivity contribution in [2.45, 2.75) is 27.2 Å². The van der Waals surface area contributed by atoms with Gasteiger partial charge in [-0.3, -0.25) is 9.59 Å². The lowest BCUT2D eigenvalue weighted by Crippen LogP contribution is -2.51. The van der Waals surface area contributed by atoms with Gasteiger partial charge in [0.1, 0.15) is 5.82 Å². The van der Waals surface area contributed by atoms with E-state index < -0.39 is 0 Å². The van der Waals surface area contributed by atoms with Crippen LogP contribution in [0.25, 0.3) is 0 Å². The smallest absolute Gasteiger partial charge is 0.409 e. The van der Waals surface area contributed by atoms with E-state index in [2.05, 4.69) is 9.97 Å². The molecular formula is C15H22N4O4. The molecule has 0 radical (unpaired) electrons. The van der Waals surface area contributed by atoms with Crippen LogP contribution in [-0.2, 0) is 16.0 Å². The number of piperazine rings is 1. The number of nitrogens with one attached hydrogen (secondary N) is 1. The van der Waals surface area contributed by atoms with Crippen LogP contribution in [0.15, 0.2) is 4.79 Å². The second-order valence-electron chi connectivity index (χ2n) is 5.46. The van der Waals surface area contributed by atoms with Crippen molar-refractivity contribution in [3.8, 4) is 0 Å². The summed E-state index contributed by atoms with van der Waals surface area (Å²) in [5.74, 6) is 0.402. The number of aromatic nitrogens is 2. The second kappa shape index (κ2) is 7.26. The Kier molecular flexibility index (Phi) is 5.36. The predicted octanol–water partition coefficient (Wildman–Crippen LogP) is 0.230. The molecule has 1 N–H and O–H groups in total. The Bertz CT molecular complexity index is 647. The average molecular weight is 322 g/mol. The number of amides is 2. The number of H-pyrrole nitrogens is 1. The summed E-state index contributed by atoms with van der Waals surface area (Å²) in [5, 5.41) is 0. The third-order valence-corrected chi connectivity index (χ3v) is 3.83. The van der Waals surface area contributed by atoms with Gasteiger partial charge in [0.25, 0.3) is 5.56 Å². The summed E-state index contributed by atoms with van der Waals surface area (Å²) in [4.78, 5) is 46.0. The molecule has 8 nitrogen and oxygen atoms in total. The Labute approximate surface area is 134 Å². The van der Waals surface area contributed by atoms with Crippen molar-refractivity contribution in [2.75, 3.05) is 32.8 Å². The van der Waals surface area contributed by atoms with Crippen molar-refractivity contribution in [2.24, 2.45) is 0 Å². The SMILES string of the molecule is CCOC(=O)N1CCN(C(=O)Cc2c(C)nc(C)[nH]c2=O)CC1. The number of aromatic amines is 1. The molecule has 0 bridgehead atoms. The molecule has 0 spiro atoms. The average Bonchev–Trinajstić information content (AvgIpc) is 2.51. The Balaban J connectivity index is 1.96. The van der Waals surface area contributed by atoms with Gasteiger partial charge < -0.3 is 19.5 Å². The van der Waals surface area contributed by atoms with E-state index in [-0.39, 0.29) is 24.0 Å². The lowest BCUT2D eigenvalue weighted by Gasteiger charge is -2.34. The van der Waals surface area contributed by atoms with Gasteiger partial charge in [0.15, 0.2) is 0 Å². The summed E-state index contributed by atoms with van der Waals surface area (Å²) in [6.45, 7) is 7.27. The summed E-state index contributed by atoms with van der Waals surface area (Å²) in [5.41, 5.74) is 0.701. The molecule has 126 valence electrons. The molecule has 0 aliphatic carbocycles. The molecule has 1 fully saturated rings. The van der Waals surface area contributed by atoms with Crippen LogP contribution in [0.1, 0.15) is 24.0 Å². The third kappa shape index (κ3) is 4.08. The van der Waals surface area contributed by atoms with Crippen LogP contribution < -0.4 is 5.56 Å². The van der Waals surface area contributed by atoms with Crippen LogP contribution >= 0.6 is 0 Å². The highest BCUT2D eigenvalue weighted by Crippen LogP contribution is 2.08. The zero-order chi connectivity index (χ0) is 17.0. The van der Waals surface area contributed by atoms with Gasteiger partial charge >= 0.3 is 6.09 Å². The van der Waals surface area contributed by atoms with E-state index in [1.807, 2.05) is 0 Å². The van der Waals surface area contributed by atoms with Crippen molar-refractivity contribution in [3.05, 3.63) is 27.4 Å². The first-order valence-electron chi connectivity index (χ1n) is 7.68. The number of hydrogen-bond acceptors (Lipinski definition) is 5. The lowest BCUT2D eigenvalue weighted by atomic mass is 10.1. The van der Waals surface area contributed by atoms with Crippen molar-refractivity contribution >= 4 is 12.0 Å². The van der Waals surface area contributed by atoms with E-state index in [9.17, 15) is 14.4 Å². The molecule has 1 saturated heterocycles. The second-order valence-corrected chi connectivity index (χ2v) is 5.46. The molecular weight excluding hydrogens is 300 g/mol. The zero-order valence-corrected chi connectivity index (χ0v) is 13.7. The van der Waals surface area contributed by atoms with E-state index in [0.29, 0.717) is 49.9 Å². The topological polar surface area (TPSA) is 95.6 Å². The van der Waals surface area contributed by atoms with Gasteiger partial charge in [-0.2, -0.15) is 0 Å². The van der Waals surface area contributed by atoms with Gasteiger partial charge in [0.2, 0.25) is 5.91 Å². The summed E-state index contributed by atoms with van der Waals surface area (Å²) in [6.07, 6.45) is -0.331. The van der Waals surface area contributed by atoms with Gasteiger partial charge in [-0.1, -0.05) is 0 Å². The maximum absolute atomic E-state index is 12.4. The molecule has 0 atom stereocenters. The van der Waals surface area contributed by atoms with Gasteiger partial charge in [-0.25, -0.2) is 9.78 Å². The first-order chi connectivity index (χ1) is 10.9. The first-order valence-corrected chi connectivity index (χ1v) is 7.68. The monoisotopic (exact) mass is 322 g/mol. The van der Waals surface area contributed by atoms with E-state index in [0.717, 1.165) is 0 Å². The molecule has 23 heavy (non-hydrogen) atoms. The normalized spacial score (nSPS) is 14.7. The molecule has 2 rings (SSSR count). The molecule has 1 aliphatic rings. The number of nitrogens with zero attached hydrogens (tertiary/aromatic N) is 3. The zero-order valence-electron chi connectivity index (χ0n) is 13.7. The molecule has 0 unspecified atom stereocenters. The summed E-state index contributed by atoms with van der Waals surface area (Å²) >= 11 is 0. The van der Waals surface area contributed by atoms with Crippen LogP contribution in [-0.4, -0.2) is 64.6 Å². The first kappa shape index (κ1) is 17.0. The number of rotatable bonds is 3. The largest absolute Gasteiger partial charge is 0.450 e. The predicted molar refractivity (Wildman–Crippen MR) is 83.2 cm³/mol. The minimum Gasteiger partial charge on any atom is -0.450 e. The maximum atomic E-state index is 12.4. The summed E-state index contributed by atoms with van der Waals surface area (Å²) in [6, 6.07) is 0. The van der Waals surface area contributed by atoms with Crippen LogP contribution in [0.5, 0.6) is 0 Å². The molecule has 0 saturated carbocycles. The van der Waals surface area contributed by atoms with Gasteiger partial charge in [-0.05, 0) is 20.8 Å². The van der Waals surface area contributed by atoms with E-state index in [4.69, 9.17) is 4.74 Å². The van der Waals surface area contributed by atoms with Crippen LogP contribution in [0, 0.1) is 13.8 Å². The van der Waals surface area contributed by atoms with Gasteiger partial charge in [0.05, 0.1) is 13.0 Å². The number of ether oxygens (including phenoxy) is 1. The van der Waals surface area contributed by atoms with Crippen molar-refractivity contribution < 1.29 is 14.3 Å². The minimum atomic E-state index is -0.352. The minimum absolute atomic E-state index is 0.0217. The summed E-state index contributed by atoms with van der Waals surface area (Å²) in [7, 11) is 0. The number of carbonyl (C=O) groups is 2. The molecule has 1 aliphatic heterocycles. The van der Waals surface area contributed by atoms with Crippen molar-refractivity contribution in [1.29, 1.82) is 0 Å². The van der Waals surface area contributed by atoms with Crippen molar-refractivity contribution in [3.63, 3.8) is 0 Å². The quantitative estimate of drug-likeness (QED) is 0.859. The summed E-state index contributed by atoms with van der Waals surface area (Å²) < 4.78 is 4.95. The Morgan fingerprint density at radius 3 is 2.35 bits per heavy atom. The van der Waals surface area contributed by atoms with E-state index in [1.54, 1.807) is 30.6 Å². The number of hydrogen-bond donors (Lipinski definition) is 1. The Morgan fingerprint density at radius 2 is 1.78 bits per heavy atom. The maximum Gasteiger partial charge on any atom is 0.409 e. The van der Waals surface area contributed by atoms with Gasteiger partial charge in [0, 0.05) is 37.4 Å². The molecule has 1 aromatic rings. The third-order valence-electron chi connectivity index (χ3n) is 3.83. The molecule has 2 heterocycles. The van der Waals surface area contributed by atoms with Crippen LogP contribution in [0.4, 0.5) is 4.79 Å². The molecule has 0 aromatic carbocycles. The standard InChI is InChI=1S/C15H22N4O4/c1-4-23-15(22)19-7-5-18(6-8-19)13(20)9-12-10(2)16-11(3)17-14(12)21/h4-9H2,1-3H3,(H,16,17,21). The molecule has 1 aromatic heterocycles. The lowest BCUT2D eigenvalue weighted by molar-refractivity contribution is -0.132. The fourth-order valence-corrected chi connectivity index (χ4v) is 2.58. The van der Waals surface area contributed by atoms with E-state index in [1.165, 1.54) is 0 Å².